The molecule has 7 heteroatoms. The van der Waals surface area contributed by atoms with Crippen LogP contribution >= 0.6 is 0 Å². The second-order valence-corrected chi connectivity index (χ2v) is 8.08. The van der Waals surface area contributed by atoms with Crippen LogP contribution in [0, 0.1) is 0 Å². The van der Waals surface area contributed by atoms with Crippen molar-refractivity contribution in [2.75, 3.05) is 47.5 Å². The molecule has 0 radical (unpaired) electrons. The van der Waals surface area contributed by atoms with Crippen LogP contribution in [0.2, 0.25) is 0 Å². The Balaban J connectivity index is 1.35. The van der Waals surface area contributed by atoms with Crippen LogP contribution in [0.3, 0.4) is 0 Å². The van der Waals surface area contributed by atoms with Gasteiger partial charge in [-0.1, -0.05) is 12.1 Å². The summed E-state index contributed by atoms with van der Waals surface area (Å²) in [5, 5.41) is 0. The number of rotatable bonds is 8. The van der Waals surface area contributed by atoms with Gasteiger partial charge >= 0.3 is 5.63 Å². The van der Waals surface area contributed by atoms with Crippen LogP contribution in [0.25, 0.3) is 11.3 Å². The molecule has 2 aromatic carbocycles. The molecule has 0 N–H and O–H groups in total. The normalized spacial score (nSPS) is 14.8. The highest BCUT2D eigenvalue weighted by atomic mass is 16.5. The topological polar surface area (TPSA) is 64.4 Å². The predicted molar refractivity (Wildman–Crippen MR) is 127 cm³/mol. The van der Waals surface area contributed by atoms with Crippen LogP contribution in [0.5, 0.6) is 17.2 Å². The molecule has 174 valence electrons. The highest BCUT2D eigenvalue weighted by Crippen LogP contribution is 2.32. The van der Waals surface area contributed by atoms with Crippen LogP contribution < -0.4 is 19.8 Å². The van der Waals surface area contributed by atoms with E-state index in [9.17, 15) is 4.79 Å². The molecular formula is C26H30N2O5. The van der Waals surface area contributed by atoms with E-state index in [2.05, 4.69) is 21.9 Å². The summed E-state index contributed by atoms with van der Waals surface area (Å²) in [6.07, 6.45) is 0. The first-order valence-corrected chi connectivity index (χ1v) is 11.0. The minimum absolute atomic E-state index is 0.303. The van der Waals surface area contributed by atoms with Crippen molar-refractivity contribution in [3.05, 3.63) is 76.1 Å². The van der Waals surface area contributed by atoms with E-state index in [0.717, 1.165) is 44.0 Å². The Hall–Kier alpha value is -3.29. The van der Waals surface area contributed by atoms with Crippen molar-refractivity contribution in [2.45, 2.75) is 13.1 Å². The van der Waals surface area contributed by atoms with Crippen LogP contribution in [0.4, 0.5) is 0 Å². The molecule has 33 heavy (non-hydrogen) atoms. The summed E-state index contributed by atoms with van der Waals surface area (Å²) in [7, 11) is 4.85. The van der Waals surface area contributed by atoms with Crippen molar-refractivity contribution in [3.63, 3.8) is 0 Å². The lowest BCUT2D eigenvalue weighted by molar-refractivity contribution is 0.121. The lowest BCUT2D eigenvalue weighted by atomic mass is 10.1. The molecule has 0 aliphatic carbocycles. The van der Waals surface area contributed by atoms with Gasteiger partial charge in [0.05, 0.1) is 26.9 Å². The number of hydrogen-bond acceptors (Lipinski definition) is 7. The maximum Gasteiger partial charge on any atom is 0.340 e. The van der Waals surface area contributed by atoms with Crippen molar-refractivity contribution in [3.8, 4) is 28.6 Å². The summed E-state index contributed by atoms with van der Waals surface area (Å²) in [4.78, 5) is 17.4. The molecule has 0 unspecified atom stereocenters. The molecule has 3 aromatic rings. The van der Waals surface area contributed by atoms with Crippen LogP contribution in [0.1, 0.15) is 11.1 Å². The number of hydrogen-bond donors (Lipinski definition) is 0. The van der Waals surface area contributed by atoms with E-state index in [0.29, 0.717) is 29.4 Å². The lowest BCUT2D eigenvalue weighted by Crippen LogP contribution is -2.45. The predicted octanol–water partition coefficient (Wildman–Crippen LogP) is 3.65. The van der Waals surface area contributed by atoms with Gasteiger partial charge in [0, 0.05) is 44.8 Å². The van der Waals surface area contributed by atoms with E-state index in [1.165, 1.54) is 5.56 Å². The molecule has 1 aromatic heterocycles. The molecule has 1 fully saturated rings. The molecule has 0 spiro atoms. The Morgan fingerprint density at radius 3 is 2.03 bits per heavy atom. The Labute approximate surface area is 194 Å². The first kappa shape index (κ1) is 22.9. The van der Waals surface area contributed by atoms with Crippen molar-refractivity contribution < 1.29 is 18.6 Å². The average Bonchev–Trinajstić information content (AvgIpc) is 2.86. The summed E-state index contributed by atoms with van der Waals surface area (Å²) in [5.41, 5.74) is 2.41. The van der Waals surface area contributed by atoms with E-state index in [-0.39, 0.29) is 5.63 Å². The van der Waals surface area contributed by atoms with Crippen molar-refractivity contribution in [1.82, 2.24) is 9.80 Å². The zero-order chi connectivity index (χ0) is 23.2. The average molecular weight is 451 g/mol. The smallest absolute Gasteiger partial charge is 0.340 e. The van der Waals surface area contributed by atoms with Crippen molar-refractivity contribution in [1.29, 1.82) is 0 Å². The Morgan fingerprint density at radius 2 is 1.42 bits per heavy atom. The molecule has 0 amide bonds. The molecule has 7 nitrogen and oxygen atoms in total. The monoisotopic (exact) mass is 450 g/mol. The van der Waals surface area contributed by atoms with Crippen molar-refractivity contribution in [2.24, 2.45) is 0 Å². The number of ether oxygens (including phenoxy) is 3. The third-order valence-electron chi connectivity index (χ3n) is 5.99. The molecule has 0 saturated carbocycles. The second kappa shape index (κ2) is 10.6. The second-order valence-electron chi connectivity index (χ2n) is 8.08. The summed E-state index contributed by atoms with van der Waals surface area (Å²) < 4.78 is 21.5. The number of piperazine rings is 1. The molecule has 0 bridgehead atoms. The van der Waals surface area contributed by atoms with E-state index in [1.807, 2.05) is 30.3 Å². The lowest BCUT2D eigenvalue weighted by Gasteiger charge is -2.34. The summed E-state index contributed by atoms with van der Waals surface area (Å²) in [5.74, 6) is 2.61. The fraction of sp³-hybridized carbons (Fsp3) is 0.346. The van der Waals surface area contributed by atoms with E-state index in [1.54, 1.807) is 33.5 Å². The minimum Gasteiger partial charge on any atom is -0.497 e. The fourth-order valence-electron chi connectivity index (χ4n) is 4.04. The van der Waals surface area contributed by atoms with Crippen LogP contribution in [-0.2, 0) is 13.1 Å². The summed E-state index contributed by atoms with van der Waals surface area (Å²) >= 11 is 0. The van der Waals surface area contributed by atoms with Gasteiger partial charge in [0.15, 0.2) is 11.5 Å². The van der Waals surface area contributed by atoms with Gasteiger partial charge in [-0.25, -0.2) is 4.79 Å². The molecule has 0 atom stereocenters. The van der Waals surface area contributed by atoms with Gasteiger partial charge in [0.2, 0.25) is 0 Å². The summed E-state index contributed by atoms with van der Waals surface area (Å²) in [6, 6.07) is 17.4. The van der Waals surface area contributed by atoms with E-state index >= 15 is 0 Å². The summed E-state index contributed by atoms with van der Waals surface area (Å²) in [6.45, 7) is 5.24. The number of nitrogens with zero attached hydrogens (tertiary/aromatic N) is 2. The molecule has 4 rings (SSSR count). The largest absolute Gasteiger partial charge is 0.497 e. The highest BCUT2D eigenvalue weighted by Gasteiger charge is 2.19. The van der Waals surface area contributed by atoms with Gasteiger partial charge in [0.25, 0.3) is 0 Å². The van der Waals surface area contributed by atoms with Crippen LogP contribution in [-0.4, -0.2) is 57.3 Å². The SMILES string of the molecule is COc1ccc(CN2CCN(Cc3ccc(-c4ccc(OC)c(OC)c4)oc3=O)CC2)cc1. The Bertz CT molecular complexity index is 1120. The highest BCUT2D eigenvalue weighted by molar-refractivity contribution is 5.62. The van der Waals surface area contributed by atoms with Gasteiger partial charge in [-0.15, -0.1) is 0 Å². The molecule has 1 aliphatic rings. The zero-order valence-electron chi connectivity index (χ0n) is 19.4. The standard InChI is InChI=1S/C26H30N2O5/c1-30-22-8-4-19(5-9-22)17-27-12-14-28(15-13-27)18-21-7-10-23(33-26(21)29)20-6-11-24(31-2)25(16-20)32-3/h4-11,16H,12-15,17-18H2,1-3H3. The third-order valence-corrected chi connectivity index (χ3v) is 5.99. The van der Waals surface area contributed by atoms with Gasteiger partial charge in [0.1, 0.15) is 11.5 Å². The zero-order valence-corrected chi connectivity index (χ0v) is 19.4. The van der Waals surface area contributed by atoms with Gasteiger partial charge < -0.3 is 18.6 Å². The molecule has 1 saturated heterocycles. The Kier molecular flexibility index (Phi) is 7.32. The van der Waals surface area contributed by atoms with Gasteiger partial charge in [-0.3, -0.25) is 9.80 Å². The molecule has 2 heterocycles. The van der Waals surface area contributed by atoms with Gasteiger partial charge in [-0.05, 0) is 48.0 Å². The quantitative estimate of drug-likeness (QED) is 0.519. The van der Waals surface area contributed by atoms with E-state index in [4.69, 9.17) is 18.6 Å². The first-order valence-electron chi connectivity index (χ1n) is 11.0. The van der Waals surface area contributed by atoms with E-state index < -0.39 is 0 Å². The molecular weight excluding hydrogens is 420 g/mol. The third kappa shape index (κ3) is 5.56. The fourth-order valence-corrected chi connectivity index (χ4v) is 4.04. The maximum atomic E-state index is 12.7. The molecule has 1 aliphatic heterocycles. The number of methoxy groups -OCH3 is 3. The first-order chi connectivity index (χ1) is 16.1. The van der Waals surface area contributed by atoms with Gasteiger partial charge in [-0.2, -0.15) is 0 Å². The van der Waals surface area contributed by atoms with Crippen molar-refractivity contribution >= 4 is 0 Å². The maximum absolute atomic E-state index is 12.7. The van der Waals surface area contributed by atoms with Crippen LogP contribution in [0.15, 0.2) is 63.8 Å². The number of benzene rings is 2. The Morgan fingerprint density at radius 1 is 0.758 bits per heavy atom. The minimum atomic E-state index is -0.303.